The Bertz CT molecular complexity index is 677. The minimum atomic E-state index is -0.439. The Balaban J connectivity index is -0.000000537. The average molecular weight is 461 g/mol. The van der Waals surface area contributed by atoms with E-state index in [2.05, 4.69) is 58.9 Å². The molecule has 2 unspecified atom stereocenters. The fraction of sp³-hybridized carbons (Fsp3) is 0.433. The number of halogens is 1. The SMILES string of the molecule is C=C(/C=C(/CCO)C(=C)CC)C(=C)/C(F)=C\C(=C)C(C)/C=C\C(C)CC.C=CC.C=O.CC. The molecule has 0 saturated carbocycles. The van der Waals surface area contributed by atoms with Crippen molar-refractivity contribution < 1.29 is 14.3 Å². The highest BCUT2D eigenvalue weighted by atomic mass is 19.1. The molecular formula is C30H49FO2. The third kappa shape index (κ3) is 19.9. The van der Waals surface area contributed by atoms with E-state index in [9.17, 15) is 9.50 Å². The van der Waals surface area contributed by atoms with Crippen LogP contribution in [-0.4, -0.2) is 18.5 Å². The second-order valence-electron chi connectivity index (χ2n) is 7.14. The molecular weight excluding hydrogens is 411 g/mol. The van der Waals surface area contributed by atoms with Crippen molar-refractivity contribution in [3.63, 3.8) is 0 Å². The van der Waals surface area contributed by atoms with Crippen LogP contribution in [0.5, 0.6) is 0 Å². The minimum Gasteiger partial charge on any atom is -0.396 e. The van der Waals surface area contributed by atoms with Gasteiger partial charge in [-0.2, -0.15) is 0 Å². The summed E-state index contributed by atoms with van der Waals surface area (Å²) < 4.78 is 14.6. The van der Waals surface area contributed by atoms with Crippen LogP contribution in [0.4, 0.5) is 4.39 Å². The predicted molar refractivity (Wildman–Crippen MR) is 148 cm³/mol. The Labute approximate surface area is 204 Å². The van der Waals surface area contributed by atoms with Gasteiger partial charge in [0.15, 0.2) is 0 Å². The number of aliphatic hydroxyl groups excluding tert-OH is 1. The zero-order chi connectivity index (χ0) is 27.0. The lowest BCUT2D eigenvalue weighted by atomic mass is 9.95. The van der Waals surface area contributed by atoms with E-state index in [-0.39, 0.29) is 18.1 Å². The molecule has 0 aliphatic heterocycles. The number of allylic oxidation sites excluding steroid dienone is 10. The van der Waals surface area contributed by atoms with Gasteiger partial charge in [0.25, 0.3) is 0 Å². The highest BCUT2D eigenvalue weighted by molar-refractivity contribution is 5.51. The van der Waals surface area contributed by atoms with E-state index in [1.807, 2.05) is 41.4 Å². The zero-order valence-corrected chi connectivity index (χ0v) is 22.3. The van der Waals surface area contributed by atoms with Gasteiger partial charge in [-0.1, -0.05) is 104 Å². The van der Waals surface area contributed by atoms with Gasteiger partial charge in [0, 0.05) is 12.2 Å². The first kappa shape index (κ1) is 37.8. The fourth-order valence-corrected chi connectivity index (χ4v) is 2.15. The summed E-state index contributed by atoms with van der Waals surface area (Å²) in [5.41, 5.74) is 3.17. The number of hydrogen-bond donors (Lipinski definition) is 1. The van der Waals surface area contributed by atoms with E-state index in [0.717, 1.165) is 24.0 Å². The summed E-state index contributed by atoms with van der Waals surface area (Å²) in [6.45, 7) is 35.2. The van der Waals surface area contributed by atoms with Gasteiger partial charge in [-0.15, -0.1) is 6.58 Å². The van der Waals surface area contributed by atoms with Crippen molar-refractivity contribution in [1.82, 2.24) is 0 Å². The fourth-order valence-electron chi connectivity index (χ4n) is 2.15. The molecule has 0 aliphatic rings. The number of carbonyl (C=O) groups is 1. The summed E-state index contributed by atoms with van der Waals surface area (Å²) >= 11 is 0. The van der Waals surface area contributed by atoms with Gasteiger partial charge in [0.05, 0.1) is 0 Å². The van der Waals surface area contributed by atoms with Gasteiger partial charge in [0.1, 0.15) is 12.6 Å². The normalized spacial score (nSPS) is 12.5. The third-order valence-corrected chi connectivity index (χ3v) is 4.56. The van der Waals surface area contributed by atoms with Crippen molar-refractivity contribution in [2.24, 2.45) is 11.8 Å². The lowest BCUT2D eigenvalue weighted by Crippen LogP contribution is -1.97. The molecule has 0 amide bonds. The van der Waals surface area contributed by atoms with Crippen LogP contribution < -0.4 is 0 Å². The van der Waals surface area contributed by atoms with Crippen LogP contribution in [-0.2, 0) is 4.79 Å². The molecule has 0 saturated heterocycles. The molecule has 0 aromatic heterocycles. The van der Waals surface area contributed by atoms with E-state index >= 15 is 0 Å². The molecule has 0 radical (unpaired) electrons. The van der Waals surface area contributed by atoms with E-state index < -0.39 is 5.83 Å². The van der Waals surface area contributed by atoms with E-state index in [0.29, 0.717) is 23.5 Å². The van der Waals surface area contributed by atoms with Crippen molar-refractivity contribution in [3.05, 3.63) is 97.0 Å². The van der Waals surface area contributed by atoms with Crippen LogP contribution in [0.3, 0.4) is 0 Å². The second kappa shape index (κ2) is 25.7. The number of carbonyl (C=O) groups excluding carboxylic acids is 1. The summed E-state index contributed by atoms with van der Waals surface area (Å²) in [5, 5.41) is 9.19. The molecule has 0 spiro atoms. The summed E-state index contributed by atoms with van der Waals surface area (Å²) in [5.74, 6) is 0.109. The van der Waals surface area contributed by atoms with Crippen LogP contribution in [0.15, 0.2) is 97.0 Å². The van der Waals surface area contributed by atoms with Gasteiger partial charge in [0.2, 0.25) is 0 Å². The molecule has 0 aromatic carbocycles. The van der Waals surface area contributed by atoms with Gasteiger partial charge < -0.3 is 9.90 Å². The highest BCUT2D eigenvalue weighted by Gasteiger charge is 2.10. The molecule has 2 atom stereocenters. The maximum atomic E-state index is 14.6. The first-order valence-electron chi connectivity index (χ1n) is 11.6. The van der Waals surface area contributed by atoms with Crippen LogP contribution in [0, 0.1) is 11.8 Å². The van der Waals surface area contributed by atoms with E-state index in [1.165, 1.54) is 6.08 Å². The summed E-state index contributed by atoms with van der Waals surface area (Å²) in [6.07, 6.45) is 11.4. The van der Waals surface area contributed by atoms with Gasteiger partial charge >= 0.3 is 0 Å². The zero-order valence-electron chi connectivity index (χ0n) is 22.3. The third-order valence-electron chi connectivity index (χ3n) is 4.56. The monoisotopic (exact) mass is 460 g/mol. The summed E-state index contributed by atoms with van der Waals surface area (Å²) in [6, 6.07) is 0. The molecule has 2 nitrogen and oxygen atoms in total. The van der Waals surface area contributed by atoms with E-state index in [4.69, 9.17) is 4.79 Å². The molecule has 0 aromatic rings. The molecule has 3 heteroatoms. The quantitative estimate of drug-likeness (QED) is 0.233. The van der Waals surface area contributed by atoms with Gasteiger partial charge in [-0.25, -0.2) is 4.39 Å². The molecule has 1 N–H and O–H groups in total. The Morgan fingerprint density at radius 3 is 1.88 bits per heavy atom. The Morgan fingerprint density at radius 2 is 1.48 bits per heavy atom. The van der Waals surface area contributed by atoms with Crippen molar-refractivity contribution >= 4 is 6.79 Å². The first-order chi connectivity index (χ1) is 15.6. The molecule has 33 heavy (non-hydrogen) atoms. The lowest BCUT2D eigenvalue weighted by Gasteiger charge is -2.12. The Morgan fingerprint density at radius 1 is 1.00 bits per heavy atom. The van der Waals surface area contributed by atoms with Crippen molar-refractivity contribution in [1.29, 1.82) is 0 Å². The topological polar surface area (TPSA) is 37.3 Å². The number of hydrogen-bond acceptors (Lipinski definition) is 2. The van der Waals surface area contributed by atoms with Crippen LogP contribution in [0.25, 0.3) is 0 Å². The van der Waals surface area contributed by atoms with Crippen molar-refractivity contribution in [3.8, 4) is 0 Å². The summed E-state index contributed by atoms with van der Waals surface area (Å²) in [4.78, 5) is 8.00. The number of rotatable bonds is 12. The molecule has 0 aliphatic carbocycles. The highest BCUT2D eigenvalue weighted by Crippen LogP contribution is 2.26. The molecule has 0 fully saturated rings. The molecule has 0 bridgehead atoms. The van der Waals surface area contributed by atoms with E-state index in [1.54, 1.807) is 12.2 Å². The largest absolute Gasteiger partial charge is 0.396 e. The van der Waals surface area contributed by atoms with Crippen LogP contribution >= 0.6 is 0 Å². The van der Waals surface area contributed by atoms with Gasteiger partial charge in [-0.05, 0) is 54.4 Å². The predicted octanol–water partition coefficient (Wildman–Crippen LogP) is 9.06. The lowest BCUT2D eigenvalue weighted by molar-refractivity contribution is -0.0980. The molecule has 188 valence electrons. The average Bonchev–Trinajstić information content (AvgIpc) is 2.83. The maximum Gasteiger partial charge on any atom is 0.130 e. The maximum absolute atomic E-state index is 14.6. The summed E-state index contributed by atoms with van der Waals surface area (Å²) in [7, 11) is 0. The Hall–Kier alpha value is -2.52. The molecule has 0 rings (SSSR count). The van der Waals surface area contributed by atoms with Gasteiger partial charge in [-0.3, -0.25) is 0 Å². The van der Waals surface area contributed by atoms with Crippen LogP contribution in [0.1, 0.15) is 67.7 Å². The van der Waals surface area contributed by atoms with Crippen molar-refractivity contribution in [2.75, 3.05) is 6.61 Å². The first-order valence-corrected chi connectivity index (χ1v) is 11.6. The Kier molecular flexibility index (Phi) is 29.5. The van der Waals surface area contributed by atoms with Crippen molar-refractivity contribution in [2.45, 2.75) is 67.7 Å². The number of aliphatic hydroxyl groups is 1. The standard InChI is InChI=1S/C24H35FO.C3H6.C2H6.CH2O/c1-9-17(3)11-12-19(5)20(6)16-24(25)22(8)21(7)15-23(13-14-26)18(4)10-2;1-3-2;2*1-2/h11-12,15-17,19,26H,4,6-10,13-14H2,1-3,5H3;3H,1H2,2H3;1-2H3;1H2/b12-11-,23-15-,24-16+;;;. The minimum absolute atomic E-state index is 0.0137. The second-order valence-corrected chi connectivity index (χ2v) is 7.14. The van der Waals surface area contributed by atoms with Crippen LogP contribution in [0.2, 0.25) is 0 Å². The molecule has 0 heterocycles. The smallest absolute Gasteiger partial charge is 0.130 e.